The zero-order valence-electron chi connectivity index (χ0n) is 10.8. The number of benzene rings is 1. The van der Waals surface area contributed by atoms with Gasteiger partial charge in [0.2, 0.25) is 0 Å². The van der Waals surface area contributed by atoms with E-state index in [1.807, 2.05) is 12.1 Å². The van der Waals surface area contributed by atoms with Crippen molar-refractivity contribution < 1.29 is 4.74 Å². The van der Waals surface area contributed by atoms with Crippen LogP contribution in [0, 0.1) is 0 Å². The Hall–Kier alpha value is -0.590. The summed E-state index contributed by atoms with van der Waals surface area (Å²) < 4.78 is 7.70. The van der Waals surface area contributed by atoms with Gasteiger partial charge in [-0.2, -0.15) is 5.10 Å². The smallest absolute Gasteiger partial charge is 0.0837 e. The van der Waals surface area contributed by atoms with Gasteiger partial charge in [0.1, 0.15) is 0 Å². The number of rotatable bonds is 5. The molecule has 0 aliphatic carbocycles. The van der Waals surface area contributed by atoms with Crippen LogP contribution in [0.3, 0.4) is 0 Å². The number of hydrogen-bond donors (Lipinski definition) is 1. The highest BCUT2D eigenvalue weighted by atomic mass is 79.9. The molecule has 2 rings (SSSR count). The lowest BCUT2D eigenvalue weighted by Gasteiger charge is -2.17. The van der Waals surface area contributed by atoms with Crippen LogP contribution in [0.4, 0.5) is 0 Å². The van der Waals surface area contributed by atoms with E-state index in [0.717, 1.165) is 15.7 Å². The predicted molar refractivity (Wildman–Crippen MR) is 84.3 cm³/mol. The Kier molecular flexibility index (Phi) is 5.46. The van der Waals surface area contributed by atoms with Gasteiger partial charge in [-0.1, -0.05) is 39.1 Å². The third-order valence-electron chi connectivity index (χ3n) is 2.93. The molecule has 0 spiro atoms. The van der Waals surface area contributed by atoms with Gasteiger partial charge in [0.25, 0.3) is 0 Å². The summed E-state index contributed by atoms with van der Waals surface area (Å²) in [4.78, 5) is 0. The number of methoxy groups -OCH3 is 1. The highest BCUT2D eigenvalue weighted by Gasteiger charge is 2.20. The van der Waals surface area contributed by atoms with Crippen LogP contribution in [0.15, 0.2) is 28.9 Å². The summed E-state index contributed by atoms with van der Waals surface area (Å²) in [5.74, 6) is 0. The van der Waals surface area contributed by atoms with Crippen molar-refractivity contribution in [1.82, 2.24) is 9.78 Å². The molecule has 2 N–H and O–H groups in total. The first-order chi connectivity index (χ1) is 9.54. The van der Waals surface area contributed by atoms with Gasteiger partial charge in [-0.3, -0.25) is 4.68 Å². The molecule has 0 amide bonds. The van der Waals surface area contributed by atoms with Gasteiger partial charge in [-0.05, 0) is 23.8 Å². The summed E-state index contributed by atoms with van der Waals surface area (Å²) in [5, 5.41) is 5.38. The largest absolute Gasteiger partial charge is 0.383 e. The highest BCUT2D eigenvalue weighted by molar-refractivity contribution is 9.10. The average molecular weight is 379 g/mol. The maximum absolute atomic E-state index is 6.33. The van der Waals surface area contributed by atoms with Crippen molar-refractivity contribution in [2.24, 2.45) is 5.73 Å². The molecule has 2 aromatic rings. The van der Waals surface area contributed by atoms with E-state index in [-0.39, 0.29) is 0 Å². The molecule has 1 atom stereocenters. The molecule has 0 saturated heterocycles. The fourth-order valence-corrected chi connectivity index (χ4v) is 2.87. The minimum atomic E-state index is -0.421. The second-order valence-corrected chi connectivity index (χ2v) is 5.94. The number of nitrogens with zero attached hydrogens (tertiary/aromatic N) is 2. The van der Waals surface area contributed by atoms with Crippen LogP contribution in [-0.2, 0) is 11.3 Å². The van der Waals surface area contributed by atoms with E-state index in [1.54, 1.807) is 24.1 Å². The molecule has 7 heteroatoms. The van der Waals surface area contributed by atoms with Crippen molar-refractivity contribution in [1.29, 1.82) is 0 Å². The van der Waals surface area contributed by atoms with Gasteiger partial charge in [0.05, 0.1) is 36.1 Å². The van der Waals surface area contributed by atoms with Gasteiger partial charge in [-0.15, -0.1) is 0 Å². The van der Waals surface area contributed by atoms with E-state index in [2.05, 4.69) is 21.0 Å². The number of nitrogens with two attached hydrogens (primary N) is 1. The van der Waals surface area contributed by atoms with Gasteiger partial charge >= 0.3 is 0 Å². The molecular formula is C13H14BrCl2N3O. The van der Waals surface area contributed by atoms with Gasteiger partial charge in [-0.25, -0.2) is 0 Å². The van der Waals surface area contributed by atoms with E-state index < -0.39 is 6.04 Å². The Bertz CT molecular complexity index is 603. The fraction of sp³-hybridized carbons (Fsp3) is 0.308. The molecule has 0 saturated carbocycles. The van der Waals surface area contributed by atoms with E-state index in [9.17, 15) is 0 Å². The maximum Gasteiger partial charge on any atom is 0.0837 e. The molecule has 1 aromatic heterocycles. The van der Waals surface area contributed by atoms with Crippen molar-refractivity contribution in [3.8, 4) is 0 Å². The maximum atomic E-state index is 6.33. The second-order valence-electron chi connectivity index (χ2n) is 4.24. The molecule has 0 aliphatic heterocycles. The van der Waals surface area contributed by atoms with E-state index in [0.29, 0.717) is 23.2 Å². The summed E-state index contributed by atoms with van der Waals surface area (Å²) in [6.45, 7) is 1.12. The van der Waals surface area contributed by atoms with Crippen LogP contribution < -0.4 is 5.73 Å². The molecule has 1 unspecified atom stereocenters. The minimum Gasteiger partial charge on any atom is -0.383 e. The molecule has 0 fully saturated rings. The Morgan fingerprint density at radius 3 is 2.90 bits per heavy atom. The van der Waals surface area contributed by atoms with Crippen LogP contribution >= 0.6 is 39.1 Å². The van der Waals surface area contributed by atoms with Gasteiger partial charge in [0.15, 0.2) is 0 Å². The summed E-state index contributed by atoms with van der Waals surface area (Å²) >= 11 is 15.7. The quantitative estimate of drug-likeness (QED) is 0.863. The molecule has 1 heterocycles. The van der Waals surface area contributed by atoms with Crippen molar-refractivity contribution >= 4 is 39.1 Å². The first kappa shape index (κ1) is 15.8. The second kappa shape index (κ2) is 6.91. The molecule has 0 aliphatic rings. The van der Waals surface area contributed by atoms with Crippen LogP contribution in [0.5, 0.6) is 0 Å². The minimum absolute atomic E-state index is 0.421. The average Bonchev–Trinajstić information content (AvgIpc) is 2.79. The number of ether oxygens (including phenoxy) is 1. The third-order valence-corrected chi connectivity index (χ3v) is 4.18. The normalized spacial score (nSPS) is 12.7. The van der Waals surface area contributed by atoms with E-state index in [1.165, 1.54) is 0 Å². The van der Waals surface area contributed by atoms with Crippen LogP contribution in [-0.4, -0.2) is 23.5 Å². The summed E-state index contributed by atoms with van der Waals surface area (Å²) in [6, 6.07) is 5.06. The summed E-state index contributed by atoms with van der Waals surface area (Å²) in [7, 11) is 1.64. The lowest BCUT2D eigenvalue weighted by atomic mass is 10.0. The monoisotopic (exact) mass is 377 g/mol. The summed E-state index contributed by atoms with van der Waals surface area (Å²) in [6.07, 6.45) is 1.59. The standard InChI is InChI=1S/C13H14BrCl2N3O/c1-20-5-4-19-13(11(16)7-18-19)12(17)9-6-8(15)2-3-10(9)14/h2-3,6-7,12H,4-5,17H2,1H3. The van der Waals surface area contributed by atoms with Crippen LogP contribution in [0.25, 0.3) is 0 Å². The predicted octanol–water partition coefficient (Wildman–Crippen LogP) is 3.65. The van der Waals surface area contributed by atoms with Gasteiger partial charge in [0, 0.05) is 16.6 Å². The topological polar surface area (TPSA) is 53.1 Å². The highest BCUT2D eigenvalue weighted by Crippen LogP contribution is 2.32. The Labute approximate surface area is 135 Å². The van der Waals surface area contributed by atoms with E-state index in [4.69, 9.17) is 33.7 Å². The molecule has 0 radical (unpaired) electrons. The fourth-order valence-electron chi connectivity index (χ4n) is 1.94. The first-order valence-electron chi connectivity index (χ1n) is 5.95. The molecular weight excluding hydrogens is 365 g/mol. The molecule has 20 heavy (non-hydrogen) atoms. The van der Waals surface area contributed by atoms with Gasteiger partial charge < -0.3 is 10.5 Å². The van der Waals surface area contributed by atoms with E-state index >= 15 is 0 Å². The first-order valence-corrected chi connectivity index (χ1v) is 7.50. The molecule has 0 bridgehead atoms. The summed E-state index contributed by atoms with van der Waals surface area (Å²) in [5.41, 5.74) is 7.93. The van der Waals surface area contributed by atoms with Crippen molar-refractivity contribution in [2.45, 2.75) is 12.6 Å². The number of halogens is 3. The third kappa shape index (κ3) is 3.35. The number of hydrogen-bond acceptors (Lipinski definition) is 3. The Morgan fingerprint density at radius 2 is 2.20 bits per heavy atom. The van der Waals surface area contributed by atoms with Crippen molar-refractivity contribution in [3.63, 3.8) is 0 Å². The van der Waals surface area contributed by atoms with Crippen molar-refractivity contribution in [2.75, 3.05) is 13.7 Å². The van der Waals surface area contributed by atoms with Crippen LogP contribution in [0.1, 0.15) is 17.3 Å². The lowest BCUT2D eigenvalue weighted by Crippen LogP contribution is -2.20. The SMILES string of the molecule is COCCn1ncc(Cl)c1C(N)c1cc(Cl)ccc1Br. The molecule has 4 nitrogen and oxygen atoms in total. The zero-order valence-corrected chi connectivity index (χ0v) is 13.9. The van der Waals surface area contributed by atoms with Crippen LogP contribution in [0.2, 0.25) is 10.0 Å². The molecule has 108 valence electrons. The van der Waals surface area contributed by atoms with Crippen molar-refractivity contribution in [3.05, 3.63) is 50.2 Å². The Balaban J connectivity index is 2.39. The Morgan fingerprint density at radius 1 is 1.45 bits per heavy atom. The lowest BCUT2D eigenvalue weighted by molar-refractivity contribution is 0.182. The molecule has 1 aromatic carbocycles. The zero-order chi connectivity index (χ0) is 14.7. The number of aromatic nitrogens is 2.